The first kappa shape index (κ1) is 64.2. The molecule has 2 unspecified atom stereocenters. The summed E-state index contributed by atoms with van der Waals surface area (Å²) in [5.74, 6) is -0.866. The highest BCUT2D eigenvalue weighted by Crippen LogP contribution is 2.43. The lowest BCUT2D eigenvalue weighted by Crippen LogP contribution is -2.29. The Bertz CT molecular complexity index is 1570. The number of carbonyl (C=O) groups is 2. The molecule has 0 fully saturated rings. The third kappa shape index (κ3) is 51.5. The van der Waals surface area contributed by atoms with Gasteiger partial charge in [0.15, 0.2) is 6.10 Å². The van der Waals surface area contributed by atoms with Crippen LogP contribution in [0, 0.1) is 0 Å². The van der Waals surface area contributed by atoms with Gasteiger partial charge in [0, 0.05) is 19.4 Å². The highest BCUT2D eigenvalue weighted by Gasteiger charge is 2.26. The molecule has 0 bridgehead atoms. The second kappa shape index (κ2) is 52.5. The fourth-order valence-corrected chi connectivity index (χ4v) is 7.23. The monoisotopic (exact) mass is 964 g/mol. The number of hydrogen-bond donors (Lipinski definition) is 2. The molecule has 0 rings (SSSR count). The maximum Gasteiger partial charge on any atom is 0.472 e. The normalized spacial score (nSPS) is 14.2. The number of esters is 2. The molecule has 68 heavy (non-hydrogen) atoms. The number of allylic oxidation sites excluding steroid dienone is 22. The molecule has 0 aliphatic heterocycles. The number of phosphoric ester groups is 1. The minimum atomic E-state index is -4.39. The SMILES string of the molecule is CC/C=C\C/C=C\C/C=C\C/C=C\C/C=C\C/C=C\C/C=C\C/C=C\C/C=C\C/C=C\C/C=C\CCCCCCCC(=O)OC(COC(=O)CCCCCCCCCC)COP(=O)(O)OCCN. The topological polar surface area (TPSA) is 134 Å². The predicted octanol–water partition coefficient (Wildman–Crippen LogP) is 16.2. The lowest BCUT2D eigenvalue weighted by atomic mass is 10.1. The fourth-order valence-electron chi connectivity index (χ4n) is 6.46. The van der Waals surface area contributed by atoms with Crippen LogP contribution < -0.4 is 5.73 Å². The van der Waals surface area contributed by atoms with Gasteiger partial charge >= 0.3 is 19.8 Å². The summed E-state index contributed by atoms with van der Waals surface area (Å²) >= 11 is 0. The van der Waals surface area contributed by atoms with Crippen molar-refractivity contribution in [2.75, 3.05) is 26.4 Å². The van der Waals surface area contributed by atoms with E-state index in [1.54, 1.807) is 0 Å². The summed E-state index contributed by atoms with van der Waals surface area (Å²) in [4.78, 5) is 34.8. The highest BCUT2D eigenvalue weighted by atomic mass is 31.2. The third-order valence-corrected chi connectivity index (χ3v) is 11.3. The number of unbranched alkanes of at least 4 members (excludes halogenated alkanes) is 12. The predicted molar refractivity (Wildman–Crippen MR) is 288 cm³/mol. The minimum absolute atomic E-state index is 0.0440. The van der Waals surface area contributed by atoms with Crippen LogP contribution in [0.25, 0.3) is 0 Å². The summed E-state index contributed by atoms with van der Waals surface area (Å²) in [6.07, 6.45) is 73.8. The second-order valence-corrected chi connectivity index (χ2v) is 18.1. The van der Waals surface area contributed by atoms with E-state index in [1.165, 1.54) is 32.1 Å². The Labute approximate surface area is 414 Å². The van der Waals surface area contributed by atoms with Crippen LogP contribution in [-0.4, -0.2) is 49.3 Å². The summed E-state index contributed by atoms with van der Waals surface area (Å²) in [6, 6.07) is 0. The Morgan fingerprint density at radius 1 is 0.456 bits per heavy atom. The fraction of sp³-hybridized carbons (Fsp3) is 0.586. The molecule has 0 saturated carbocycles. The van der Waals surface area contributed by atoms with E-state index in [9.17, 15) is 19.0 Å². The molecule has 9 nitrogen and oxygen atoms in total. The number of ether oxygens (including phenoxy) is 2. The average Bonchev–Trinajstić information content (AvgIpc) is 3.33. The molecular weight excluding hydrogens is 870 g/mol. The van der Waals surface area contributed by atoms with Crippen molar-refractivity contribution < 1.29 is 37.6 Å². The van der Waals surface area contributed by atoms with Gasteiger partial charge in [-0.15, -0.1) is 0 Å². The van der Waals surface area contributed by atoms with Crippen LogP contribution in [0.5, 0.6) is 0 Å². The first-order valence-corrected chi connectivity index (χ1v) is 27.7. The molecule has 0 amide bonds. The molecule has 0 aromatic heterocycles. The molecule has 0 spiro atoms. The Balaban J connectivity index is 4.00. The molecule has 0 saturated heterocycles. The summed E-state index contributed by atoms with van der Waals surface area (Å²) in [6.45, 7) is 3.53. The molecular formula is C58H94NO8P. The maximum absolute atomic E-state index is 12.6. The zero-order chi connectivity index (χ0) is 49.5. The summed E-state index contributed by atoms with van der Waals surface area (Å²) < 4.78 is 32.7. The highest BCUT2D eigenvalue weighted by molar-refractivity contribution is 7.47. The van der Waals surface area contributed by atoms with Gasteiger partial charge in [0.1, 0.15) is 6.61 Å². The van der Waals surface area contributed by atoms with Gasteiger partial charge in [-0.2, -0.15) is 0 Å². The molecule has 10 heteroatoms. The molecule has 0 heterocycles. The van der Waals surface area contributed by atoms with E-state index in [-0.39, 0.29) is 32.6 Å². The van der Waals surface area contributed by atoms with E-state index in [1.807, 2.05) is 0 Å². The number of phosphoric acid groups is 1. The first-order chi connectivity index (χ1) is 33.3. The molecule has 2 atom stereocenters. The zero-order valence-electron chi connectivity index (χ0n) is 42.5. The van der Waals surface area contributed by atoms with Crippen LogP contribution in [0.4, 0.5) is 0 Å². The molecule has 0 radical (unpaired) electrons. The van der Waals surface area contributed by atoms with Crippen molar-refractivity contribution in [3.63, 3.8) is 0 Å². The third-order valence-electron chi connectivity index (χ3n) is 10.3. The van der Waals surface area contributed by atoms with Crippen LogP contribution in [0.3, 0.4) is 0 Å². The molecule has 384 valence electrons. The summed E-state index contributed by atoms with van der Waals surface area (Å²) in [5.41, 5.74) is 5.34. The number of carbonyl (C=O) groups excluding carboxylic acids is 2. The van der Waals surface area contributed by atoms with E-state index < -0.39 is 32.5 Å². The molecule has 0 aliphatic carbocycles. The molecule has 0 aliphatic rings. The van der Waals surface area contributed by atoms with Crippen molar-refractivity contribution in [2.45, 2.75) is 193 Å². The Hall–Kier alpha value is -3.85. The van der Waals surface area contributed by atoms with Gasteiger partial charge in [0.2, 0.25) is 0 Å². The first-order valence-electron chi connectivity index (χ1n) is 26.2. The van der Waals surface area contributed by atoms with E-state index >= 15 is 0 Å². The van der Waals surface area contributed by atoms with Gasteiger partial charge in [-0.1, -0.05) is 212 Å². The van der Waals surface area contributed by atoms with Crippen molar-refractivity contribution >= 4 is 19.8 Å². The van der Waals surface area contributed by atoms with Gasteiger partial charge in [0.25, 0.3) is 0 Å². The smallest absolute Gasteiger partial charge is 0.462 e. The quantitative estimate of drug-likeness (QED) is 0.0265. The average molecular weight is 964 g/mol. The van der Waals surface area contributed by atoms with Gasteiger partial charge in [-0.3, -0.25) is 18.6 Å². The lowest BCUT2D eigenvalue weighted by Gasteiger charge is -2.19. The van der Waals surface area contributed by atoms with Crippen molar-refractivity contribution in [2.24, 2.45) is 5.73 Å². The second-order valence-electron chi connectivity index (χ2n) is 16.7. The van der Waals surface area contributed by atoms with Crippen molar-refractivity contribution in [3.8, 4) is 0 Å². The van der Waals surface area contributed by atoms with E-state index in [0.717, 1.165) is 122 Å². The molecule has 0 aromatic rings. The Morgan fingerprint density at radius 3 is 1.21 bits per heavy atom. The summed E-state index contributed by atoms with van der Waals surface area (Å²) in [7, 11) is -4.39. The molecule has 0 aromatic carbocycles. The molecule has 3 N–H and O–H groups in total. The van der Waals surface area contributed by atoms with Crippen LogP contribution in [0.2, 0.25) is 0 Å². The Morgan fingerprint density at radius 2 is 0.809 bits per heavy atom. The van der Waals surface area contributed by atoms with Gasteiger partial charge < -0.3 is 20.1 Å². The van der Waals surface area contributed by atoms with Crippen LogP contribution >= 0.6 is 7.82 Å². The Kier molecular flexibility index (Phi) is 49.5. The van der Waals surface area contributed by atoms with Gasteiger partial charge in [0.05, 0.1) is 13.2 Å². The minimum Gasteiger partial charge on any atom is -0.462 e. The van der Waals surface area contributed by atoms with Crippen molar-refractivity contribution in [3.05, 3.63) is 134 Å². The van der Waals surface area contributed by atoms with E-state index in [4.69, 9.17) is 24.3 Å². The zero-order valence-corrected chi connectivity index (χ0v) is 43.4. The van der Waals surface area contributed by atoms with Crippen LogP contribution in [0.15, 0.2) is 134 Å². The number of nitrogens with two attached hydrogens (primary N) is 1. The number of hydrogen-bond acceptors (Lipinski definition) is 8. The van der Waals surface area contributed by atoms with E-state index in [0.29, 0.717) is 6.42 Å². The van der Waals surface area contributed by atoms with Crippen molar-refractivity contribution in [1.29, 1.82) is 0 Å². The van der Waals surface area contributed by atoms with Gasteiger partial charge in [-0.25, -0.2) is 4.57 Å². The summed E-state index contributed by atoms with van der Waals surface area (Å²) in [5, 5.41) is 0. The largest absolute Gasteiger partial charge is 0.472 e. The lowest BCUT2D eigenvalue weighted by molar-refractivity contribution is -0.161. The van der Waals surface area contributed by atoms with Crippen LogP contribution in [0.1, 0.15) is 187 Å². The van der Waals surface area contributed by atoms with E-state index in [2.05, 4.69) is 148 Å². The van der Waals surface area contributed by atoms with Crippen molar-refractivity contribution in [1.82, 2.24) is 0 Å². The standard InChI is InChI=1S/C58H94NO8P/c1-3-5-7-9-11-13-14-15-16-17-18-19-20-21-22-23-24-25-26-27-28-29-30-31-32-33-34-35-36-37-38-39-40-41-42-43-45-47-49-51-58(61)67-56(55-66-68(62,63)65-53-52-59)54-64-57(60)50-48-46-44-12-10-8-6-4-2/h5,7,11,13,15-16,18-19,21-22,24-25,27-28,30-31,33-34,36-37,39-40,56H,3-4,6,8-10,12,14,17,20,23,26,29,32,35,38,41-55,59H2,1-2H3,(H,62,63)/b7-5-,13-11-,16-15-,19-18-,22-21-,25-24-,28-27-,31-30-,34-33-,37-36-,40-39-. The maximum atomic E-state index is 12.6. The number of rotatable bonds is 47. The van der Waals surface area contributed by atoms with Crippen LogP contribution in [-0.2, 0) is 32.7 Å². The van der Waals surface area contributed by atoms with Gasteiger partial charge in [-0.05, 0) is 96.3 Å².